The molecule has 3 rings (SSSR count). The highest BCUT2D eigenvalue weighted by molar-refractivity contribution is 5.62. The standard InChI is InChI=1S/C26H30F3N7/c1-17-21(13-15-36(6)23-20(26(27,28)29)8-7-14-31-23)33-24(35(4)5)34-22(17)32-19-11-9-18(10-12-19)25(2,3)16-30/h7-12,14H,13,15H2,1-6H3,(H,32,33,34). The number of nitrogens with zero attached hydrogens (tertiary/aromatic N) is 6. The summed E-state index contributed by atoms with van der Waals surface area (Å²) in [6, 6.07) is 12.2. The third-order valence-corrected chi connectivity index (χ3v) is 5.92. The molecule has 0 atom stereocenters. The second-order valence-corrected chi connectivity index (χ2v) is 9.32. The summed E-state index contributed by atoms with van der Waals surface area (Å²) in [6.45, 7) is 5.88. The van der Waals surface area contributed by atoms with Gasteiger partial charge in [-0.15, -0.1) is 0 Å². The number of rotatable bonds is 8. The zero-order chi connectivity index (χ0) is 26.7. The largest absolute Gasteiger partial charge is 0.419 e. The maximum atomic E-state index is 13.4. The second kappa shape index (κ2) is 10.4. The molecule has 0 unspecified atom stereocenters. The quantitative estimate of drug-likeness (QED) is 0.441. The van der Waals surface area contributed by atoms with Crippen LogP contribution in [0.2, 0.25) is 0 Å². The lowest BCUT2D eigenvalue weighted by molar-refractivity contribution is -0.137. The van der Waals surface area contributed by atoms with E-state index >= 15 is 0 Å². The highest BCUT2D eigenvalue weighted by Crippen LogP contribution is 2.35. The number of nitriles is 1. The van der Waals surface area contributed by atoms with Gasteiger partial charge in [-0.25, -0.2) is 9.97 Å². The molecule has 36 heavy (non-hydrogen) atoms. The number of alkyl halides is 3. The molecule has 2 aromatic heterocycles. The molecule has 1 aromatic carbocycles. The minimum Gasteiger partial charge on any atom is -0.359 e. The summed E-state index contributed by atoms with van der Waals surface area (Å²) in [7, 11) is 5.24. The van der Waals surface area contributed by atoms with Crippen LogP contribution in [-0.2, 0) is 18.0 Å². The molecular weight excluding hydrogens is 467 g/mol. The van der Waals surface area contributed by atoms with E-state index in [1.807, 2.05) is 59.1 Å². The van der Waals surface area contributed by atoms with Crippen LogP contribution in [0.1, 0.15) is 36.2 Å². The van der Waals surface area contributed by atoms with Gasteiger partial charge in [0, 0.05) is 51.6 Å². The molecule has 0 aliphatic heterocycles. The third kappa shape index (κ3) is 6.03. The van der Waals surface area contributed by atoms with Gasteiger partial charge in [-0.2, -0.15) is 23.4 Å². The molecule has 0 aliphatic carbocycles. The van der Waals surface area contributed by atoms with Crippen LogP contribution >= 0.6 is 0 Å². The van der Waals surface area contributed by atoms with Gasteiger partial charge in [-0.1, -0.05) is 12.1 Å². The van der Waals surface area contributed by atoms with Crippen molar-refractivity contribution in [2.45, 2.75) is 38.8 Å². The van der Waals surface area contributed by atoms with Gasteiger partial charge in [-0.3, -0.25) is 0 Å². The van der Waals surface area contributed by atoms with Crippen molar-refractivity contribution in [3.05, 3.63) is 65.0 Å². The van der Waals surface area contributed by atoms with Crippen molar-refractivity contribution in [1.82, 2.24) is 15.0 Å². The fourth-order valence-electron chi connectivity index (χ4n) is 3.59. The number of anilines is 4. The van der Waals surface area contributed by atoms with Crippen molar-refractivity contribution in [1.29, 1.82) is 5.26 Å². The number of hydrogen-bond acceptors (Lipinski definition) is 7. The van der Waals surface area contributed by atoms with E-state index in [2.05, 4.69) is 26.3 Å². The predicted octanol–water partition coefficient (Wildman–Crippen LogP) is 5.49. The fourth-order valence-corrected chi connectivity index (χ4v) is 3.59. The fraction of sp³-hybridized carbons (Fsp3) is 0.385. The second-order valence-electron chi connectivity index (χ2n) is 9.32. The number of aromatic nitrogens is 3. The molecule has 2 heterocycles. The van der Waals surface area contributed by atoms with Crippen LogP contribution in [0.4, 0.5) is 36.4 Å². The molecule has 0 radical (unpaired) electrons. The Hall–Kier alpha value is -3.87. The van der Waals surface area contributed by atoms with Crippen molar-refractivity contribution in [3.63, 3.8) is 0 Å². The summed E-state index contributed by atoms with van der Waals surface area (Å²) in [6.07, 6.45) is -2.74. The first-order chi connectivity index (χ1) is 16.8. The first-order valence-electron chi connectivity index (χ1n) is 11.4. The van der Waals surface area contributed by atoms with E-state index in [4.69, 9.17) is 0 Å². The van der Waals surface area contributed by atoms with Crippen LogP contribution in [0.25, 0.3) is 0 Å². The normalized spacial score (nSPS) is 11.7. The molecule has 0 fully saturated rings. The van der Waals surface area contributed by atoms with Crippen molar-refractivity contribution >= 4 is 23.3 Å². The van der Waals surface area contributed by atoms with Gasteiger partial charge >= 0.3 is 6.18 Å². The van der Waals surface area contributed by atoms with Crippen LogP contribution in [0.3, 0.4) is 0 Å². The molecule has 1 N–H and O–H groups in total. The van der Waals surface area contributed by atoms with E-state index in [0.717, 1.165) is 28.6 Å². The van der Waals surface area contributed by atoms with Gasteiger partial charge in [0.1, 0.15) is 11.6 Å². The number of benzene rings is 1. The SMILES string of the molecule is Cc1c(CCN(C)c2ncccc2C(F)(F)F)nc(N(C)C)nc1Nc1ccc(C(C)(C)C#N)cc1. The molecule has 0 saturated carbocycles. The van der Waals surface area contributed by atoms with Crippen LogP contribution in [0, 0.1) is 18.3 Å². The molecule has 0 spiro atoms. The van der Waals surface area contributed by atoms with E-state index in [-0.39, 0.29) is 12.4 Å². The molecule has 0 saturated heterocycles. The molecule has 0 bridgehead atoms. The topological polar surface area (TPSA) is 81.0 Å². The molecule has 3 aromatic rings. The summed E-state index contributed by atoms with van der Waals surface area (Å²) in [5, 5.41) is 12.7. The average molecular weight is 498 g/mol. The zero-order valence-electron chi connectivity index (χ0n) is 21.3. The Morgan fingerprint density at radius 1 is 1.03 bits per heavy atom. The van der Waals surface area contributed by atoms with Crippen molar-refractivity contribution in [3.8, 4) is 6.07 Å². The Morgan fingerprint density at radius 2 is 1.69 bits per heavy atom. The number of halogens is 3. The van der Waals surface area contributed by atoms with E-state index < -0.39 is 17.2 Å². The van der Waals surface area contributed by atoms with Crippen LogP contribution in [-0.4, -0.2) is 42.6 Å². The van der Waals surface area contributed by atoms with E-state index in [1.54, 1.807) is 11.9 Å². The molecule has 7 nitrogen and oxygen atoms in total. The van der Waals surface area contributed by atoms with Crippen LogP contribution < -0.4 is 15.1 Å². The maximum absolute atomic E-state index is 13.4. The van der Waals surface area contributed by atoms with Crippen molar-refractivity contribution in [2.75, 3.05) is 42.8 Å². The summed E-state index contributed by atoms with van der Waals surface area (Å²) in [5.74, 6) is 0.965. The predicted molar refractivity (Wildman–Crippen MR) is 136 cm³/mol. The summed E-state index contributed by atoms with van der Waals surface area (Å²) in [4.78, 5) is 16.5. The number of hydrogen-bond donors (Lipinski definition) is 1. The Bertz CT molecular complexity index is 1250. The minimum absolute atomic E-state index is 0.122. The maximum Gasteiger partial charge on any atom is 0.419 e. The van der Waals surface area contributed by atoms with Crippen LogP contribution in [0.5, 0.6) is 0 Å². The van der Waals surface area contributed by atoms with Gasteiger partial charge in [-0.05, 0) is 50.6 Å². The Morgan fingerprint density at radius 3 is 2.28 bits per heavy atom. The first kappa shape index (κ1) is 26.7. The van der Waals surface area contributed by atoms with E-state index in [0.29, 0.717) is 18.2 Å². The first-order valence-corrected chi connectivity index (χ1v) is 11.4. The third-order valence-electron chi connectivity index (χ3n) is 5.92. The zero-order valence-corrected chi connectivity index (χ0v) is 21.3. The van der Waals surface area contributed by atoms with Gasteiger partial charge in [0.2, 0.25) is 5.95 Å². The van der Waals surface area contributed by atoms with E-state index in [1.165, 1.54) is 17.2 Å². The molecule has 0 amide bonds. The van der Waals surface area contributed by atoms with Crippen molar-refractivity contribution < 1.29 is 13.2 Å². The monoisotopic (exact) mass is 497 g/mol. The molecule has 190 valence electrons. The van der Waals surface area contributed by atoms with E-state index in [9.17, 15) is 18.4 Å². The van der Waals surface area contributed by atoms with Gasteiger partial charge in [0.25, 0.3) is 0 Å². The highest BCUT2D eigenvalue weighted by Gasteiger charge is 2.35. The molecule has 0 aliphatic rings. The number of nitrogens with one attached hydrogen (secondary N) is 1. The summed E-state index contributed by atoms with van der Waals surface area (Å²) in [5.41, 5.74) is 1.85. The Labute approximate surface area is 209 Å². The lowest BCUT2D eigenvalue weighted by atomic mass is 9.86. The van der Waals surface area contributed by atoms with Crippen molar-refractivity contribution in [2.24, 2.45) is 0 Å². The van der Waals surface area contributed by atoms with Gasteiger partial charge in [0.15, 0.2) is 0 Å². The molecular formula is C26H30F3N7. The Balaban J connectivity index is 1.86. The Kier molecular flexibility index (Phi) is 7.72. The minimum atomic E-state index is -4.49. The van der Waals surface area contributed by atoms with Gasteiger partial charge < -0.3 is 15.1 Å². The van der Waals surface area contributed by atoms with Crippen LogP contribution in [0.15, 0.2) is 42.6 Å². The lowest BCUT2D eigenvalue weighted by Gasteiger charge is -2.23. The molecule has 10 heteroatoms. The number of pyridine rings is 1. The lowest BCUT2D eigenvalue weighted by Crippen LogP contribution is -2.26. The smallest absolute Gasteiger partial charge is 0.359 e. The summed E-state index contributed by atoms with van der Waals surface area (Å²) < 4.78 is 40.3. The average Bonchev–Trinajstić information content (AvgIpc) is 2.84. The number of likely N-dealkylation sites (N-methyl/N-ethyl adjacent to an activating group) is 1. The summed E-state index contributed by atoms with van der Waals surface area (Å²) >= 11 is 0. The van der Waals surface area contributed by atoms with Gasteiger partial charge in [0.05, 0.1) is 22.7 Å². The highest BCUT2D eigenvalue weighted by atomic mass is 19.4.